The molecule has 3 aromatic rings. The summed E-state index contributed by atoms with van der Waals surface area (Å²) in [5.41, 5.74) is 5.25. The van der Waals surface area contributed by atoms with Crippen LogP contribution in [0.3, 0.4) is 0 Å². The van der Waals surface area contributed by atoms with E-state index in [2.05, 4.69) is 10.3 Å². The highest BCUT2D eigenvalue weighted by molar-refractivity contribution is 7.91. The number of aromatic nitrogens is 1. The average Bonchev–Trinajstić information content (AvgIpc) is 3.23. The third-order valence-electron chi connectivity index (χ3n) is 3.75. The zero-order chi connectivity index (χ0) is 18.0. The molecule has 2 N–H and O–H groups in total. The van der Waals surface area contributed by atoms with Crippen LogP contribution in [0.1, 0.15) is 21.7 Å². The van der Waals surface area contributed by atoms with Crippen molar-refractivity contribution in [2.45, 2.75) is 18.1 Å². The lowest BCUT2D eigenvalue weighted by Gasteiger charge is -2.10. The van der Waals surface area contributed by atoms with Crippen LogP contribution in [0.2, 0.25) is 0 Å². The molecule has 0 saturated carbocycles. The van der Waals surface area contributed by atoms with Crippen molar-refractivity contribution in [1.29, 1.82) is 0 Å². The molecule has 0 aliphatic heterocycles. The van der Waals surface area contributed by atoms with Crippen LogP contribution in [0.4, 0.5) is 0 Å². The second-order valence-corrected chi connectivity index (χ2v) is 8.30. The van der Waals surface area contributed by atoms with Crippen LogP contribution in [0, 0.1) is 13.8 Å². The number of nitrogens with zero attached hydrogens (tertiary/aromatic N) is 1. The Hall–Kier alpha value is -2.42. The molecule has 25 heavy (non-hydrogen) atoms. The van der Waals surface area contributed by atoms with Gasteiger partial charge in [0.25, 0.3) is 15.9 Å². The number of benzene rings is 1. The van der Waals surface area contributed by atoms with Gasteiger partial charge in [-0.05, 0) is 43.5 Å². The van der Waals surface area contributed by atoms with Crippen LogP contribution < -0.4 is 10.3 Å². The van der Waals surface area contributed by atoms with Crippen LogP contribution in [0.5, 0.6) is 0 Å². The normalized spacial score (nSPS) is 11.4. The molecule has 130 valence electrons. The number of aryl methyl sites for hydroxylation is 1. The van der Waals surface area contributed by atoms with E-state index in [4.69, 9.17) is 0 Å². The molecule has 8 heteroatoms. The Labute approximate surface area is 150 Å². The first kappa shape index (κ1) is 17.4. The number of amides is 1. The third kappa shape index (κ3) is 3.51. The van der Waals surface area contributed by atoms with E-state index in [0.717, 1.165) is 28.4 Å². The number of sulfonamides is 1. The second-order valence-electron chi connectivity index (χ2n) is 5.45. The van der Waals surface area contributed by atoms with E-state index < -0.39 is 15.9 Å². The summed E-state index contributed by atoms with van der Waals surface area (Å²) in [6.45, 7) is 3.72. The van der Waals surface area contributed by atoms with E-state index in [1.54, 1.807) is 17.5 Å². The molecule has 2 aromatic heterocycles. The molecular formula is C17H17N3O3S2. The van der Waals surface area contributed by atoms with Crippen molar-refractivity contribution < 1.29 is 13.2 Å². The topological polar surface area (TPSA) is 80.2 Å². The SMILES string of the molecule is Cc1cc(C(=O)NNS(=O)(=O)c2cccs2)c(C)n1-c1ccccc1. The largest absolute Gasteiger partial charge is 0.318 e. The van der Waals surface area contributed by atoms with Gasteiger partial charge in [0.05, 0.1) is 5.56 Å². The molecule has 0 fully saturated rings. The monoisotopic (exact) mass is 375 g/mol. The number of para-hydroxylation sites is 1. The number of thiophene rings is 1. The number of nitrogens with one attached hydrogen (secondary N) is 2. The number of hydrazine groups is 1. The lowest BCUT2D eigenvalue weighted by atomic mass is 10.2. The predicted octanol–water partition coefficient (Wildman–Crippen LogP) is 2.78. The van der Waals surface area contributed by atoms with Gasteiger partial charge in [-0.25, -0.2) is 8.42 Å². The first-order chi connectivity index (χ1) is 11.9. The van der Waals surface area contributed by atoms with E-state index in [-0.39, 0.29) is 4.21 Å². The van der Waals surface area contributed by atoms with Gasteiger partial charge in [0.15, 0.2) is 0 Å². The van der Waals surface area contributed by atoms with Crippen molar-refractivity contribution in [2.24, 2.45) is 0 Å². The van der Waals surface area contributed by atoms with Crippen molar-refractivity contribution in [2.75, 3.05) is 0 Å². The Morgan fingerprint density at radius 1 is 1.08 bits per heavy atom. The zero-order valence-electron chi connectivity index (χ0n) is 13.7. The third-order valence-corrected chi connectivity index (χ3v) is 6.39. The van der Waals surface area contributed by atoms with Gasteiger partial charge in [0, 0.05) is 17.1 Å². The van der Waals surface area contributed by atoms with E-state index in [1.165, 1.54) is 6.07 Å². The molecule has 0 aliphatic rings. The van der Waals surface area contributed by atoms with Gasteiger partial charge in [0.1, 0.15) is 4.21 Å². The van der Waals surface area contributed by atoms with E-state index >= 15 is 0 Å². The molecular weight excluding hydrogens is 358 g/mol. The lowest BCUT2D eigenvalue weighted by molar-refractivity contribution is 0.0944. The van der Waals surface area contributed by atoms with Gasteiger partial charge in [-0.3, -0.25) is 10.2 Å². The minimum absolute atomic E-state index is 0.141. The molecule has 0 atom stereocenters. The maximum atomic E-state index is 12.4. The van der Waals surface area contributed by atoms with Crippen LogP contribution in [-0.4, -0.2) is 18.9 Å². The quantitative estimate of drug-likeness (QED) is 0.673. The molecule has 1 aromatic carbocycles. The van der Waals surface area contributed by atoms with Gasteiger partial charge in [-0.2, -0.15) is 0 Å². The summed E-state index contributed by atoms with van der Waals surface area (Å²) in [5.74, 6) is -0.504. The van der Waals surface area contributed by atoms with Crippen molar-refractivity contribution >= 4 is 27.3 Å². The van der Waals surface area contributed by atoms with Gasteiger partial charge in [-0.1, -0.05) is 24.3 Å². The lowest BCUT2D eigenvalue weighted by Crippen LogP contribution is -2.41. The first-order valence-electron chi connectivity index (χ1n) is 7.50. The minimum atomic E-state index is -3.76. The molecule has 0 spiro atoms. The Balaban J connectivity index is 1.82. The average molecular weight is 375 g/mol. The fraction of sp³-hybridized carbons (Fsp3) is 0.118. The van der Waals surface area contributed by atoms with Crippen LogP contribution in [0.15, 0.2) is 58.1 Å². The zero-order valence-corrected chi connectivity index (χ0v) is 15.3. The summed E-state index contributed by atoms with van der Waals surface area (Å²) >= 11 is 1.08. The molecule has 0 aliphatic carbocycles. The Morgan fingerprint density at radius 3 is 2.44 bits per heavy atom. The minimum Gasteiger partial charge on any atom is -0.318 e. The maximum Gasteiger partial charge on any atom is 0.268 e. The summed E-state index contributed by atoms with van der Waals surface area (Å²) in [6, 6.07) is 14.5. The van der Waals surface area contributed by atoms with Crippen molar-refractivity contribution in [1.82, 2.24) is 14.8 Å². The maximum absolute atomic E-state index is 12.4. The van der Waals surface area contributed by atoms with Crippen LogP contribution in [0.25, 0.3) is 5.69 Å². The smallest absolute Gasteiger partial charge is 0.268 e. The van der Waals surface area contributed by atoms with Crippen molar-refractivity contribution in [3.05, 3.63) is 70.9 Å². The van der Waals surface area contributed by atoms with E-state index in [1.807, 2.05) is 48.7 Å². The first-order valence-corrected chi connectivity index (χ1v) is 9.86. The Bertz CT molecular complexity index is 991. The molecule has 0 unspecified atom stereocenters. The highest BCUT2D eigenvalue weighted by Crippen LogP contribution is 2.20. The fourth-order valence-corrected chi connectivity index (χ4v) is 4.45. The van der Waals surface area contributed by atoms with Gasteiger partial charge < -0.3 is 4.57 Å². The van der Waals surface area contributed by atoms with Gasteiger partial charge in [0.2, 0.25) is 0 Å². The summed E-state index contributed by atoms with van der Waals surface area (Å²) in [5, 5.41) is 1.66. The summed E-state index contributed by atoms with van der Waals surface area (Å²) in [4.78, 5) is 14.6. The predicted molar refractivity (Wildman–Crippen MR) is 97.3 cm³/mol. The number of hydrogen-bond acceptors (Lipinski definition) is 4. The molecule has 2 heterocycles. The Morgan fingerprint density at radius 2 is 1.80 bits per heavy atom. The standard InChI is InChI=1S/C17H17N3O3S2/c1-12-11-15(13(2)20(12)14-7-4-3-5-8-14)17(21)18-19-25(22,23)16-9-6-10-24-16/h3-11,19H,1-2H3,(H,18,21). The van der Waals surface area contributed by atoms with E-state index in [0.29, 0.717) is 5.56 Å². The van der Waals surface area contributed by atoms with Crippen LogP contribution >= 0.6 is 11.3 Å². The van der Waals surface area contributed by atoms with Crippen LogP contribution in [-0.2, 0) is 10.0 Å². The molecule has 6 nitrogen and oxygen atoms in total. The summed E-state index contributed by atoms with van der Waals surface area (Å²) < 4.78 is 26.3. The molecule has 0 radical (unpaired) electrons. The molecule has 0 saturated heterocycles. The van der Waals surface area contributed by atoms with Crippen molar-refractivity contribution in [3.63, 3.8) is 0 Å². The highest BCUT2D eigenvalue weighted by Gasteiger charge is 2.20. The summed E-state index contributed by atoms with van der Waals surface area (Å²) in [7, 11) is -3.76. The molecule has 1 amide bonds. The van der Waals surface area contributed by atoms with E-state index in [9.17, 15) is 13.2 Å². The number of carbonyl (C=O) groups excluding carboxylic acids is 1. The van der Waals surface area contributed by atoms with Crippen molar-refractivity contribution in [3.8, 4) is 5.69 Å². The molecule has 3 rings (SSSR count). The number of hydrogen-bond donors (Lipinski definition) is 2. The summed E-state index contributed by atoms with van der Waals surface area (Å²) in [6.07, 6.45) is 0. The fourth-order valence-electron chi connectivity index (χ4n) is 2.61. The Kier molecular flexibility index (Phi) is 4.76. The number of carbonyl (C=O) groups is 1. The number of rotatable bonds is 5. The van der Waals surface area contributed by atoms with Gasteiger partial charge >= 0.3 is 0 Å². The molecule has 0 bridgehead atoms. The highest BCUT2D eigenvalue weighted by atomic mass is 32.2. The second kappa shape index (κ2) is 6.83. The van der Waals surface area contributed by atoms with Gasteiger partial charge in [-0.15, -0.1) is 16.2 Å².